The highest BCUT2D eigenvalue weighted by atomic mass is 16.2. The van der Waals surface area contributed by atoms with Crippen LogP contribution in [0, 0.1) is 19.3 Å². The Labute approximate surface area is 191 Å². The molecule has 2 fully saturated rings. The van der Waals surface area contributed by atoms with Crippen molar-refractivity contribution in [3.63, 3.8) is 0 Å². The van der Waals surface area contributed by atoms with E-state index in [1.165, 1.54) is 12.8 Å². The second-order valence-corrected chi connectivity index (χ2v) is 10.6. The largest absolute Gasteiger partial charge is 0.353 e. The zero-order valence-corrected chi connectivity index (χ0v) is 20.2. The summed E-state index contributed by atoms with van der Waals surface area (Å²) in [5, 5.41) is 8.05. The normalized spacial score (nSPS) is 19.8. The number of rotatable bonds is 5. The molecule has 1 saturated carbocycles. The number of hydrogen-bond donors (Lipinski definition) is 1. The molecule has 1 unspecified atom stereocenters. The maximum absolute atomic E-state index is 12.7. The fourth-order valence-corrected chi connectivity index (χ4v) is 5.17. The predicted molar refractivity (Wildman–Crippen MR) is 125 cm³/mol. The van der Waals surface area contributed by atoms with Crippen LogP contribution in [0.3, 0.4) is 0 Å². The first-order valence-corrected chi connectivity index (χ1v) is 12.1. The van der Waals surface area contributed by atoms with Crippen LogP contribution in [0.15, 0.2) is 6.07 Å². The number of aryl methyl sites for hydroxylation is 2. The van der Waals surface area contributed by atoms with Gasteiger partial charge in [0.25, 0.3) is 0 Å². The molecule has 2 aliphatic rings. The van der Waals surface area contributed by atoms with Crippen molar-refractivity contribution in [1.82, 2.24) is 24.8 Å². The predicted octanol–water partition coefficient (Wildman–Crippen LogP) is 3.70. The van der Waals surface area contributed by atoms with Crippen molar-refractivity contribution in [2.24, 2.45) is 5.41 Å². The standard InChI is InChI=1S/C25H37N5O2/c1-16-20(10-11-23(31)27-19-8-6-7-9-19)17(2)30-22(26-16)14-21(28-30)18-12-13-29(15-18)24(32)25(3,4)5/h14,18-19H,6-13,15H2,1-5H3,(H,27,31). The molecule has 1 atom stereocenters. The minimum Gasteiger partial charge on any atom is -0.353 e. The molecule has 0 bridgehead atoms. The third-order valence-corrected chi connectivity index (χ3v) is 7.04. The Bertz CT molecular complexity index is 1010. The summed E-state index contributed by atoms with van der Waals surface area (Å²) in [6.07, 6.45) is 6.72. The van der Waals surface area contributed by atoms with Crippen LogP contribution in [0.25, 0.3) is 5.65 Å². The lowest BCUT2D eigenvalue weighted by Crippen LogP contribution is -2.37. The summed E-state index contributed by atoms with van der Waals surface area (Å²) >= 11 is 0. The minimum atomic E-state index is -0.359. The van der Waals surface area contributed by atoms with Gasteiger partial charge in [-0.25, -0.2) is 9.50 Å². The van der Waals surface area contributed by atoms with Crippen molar-refractivity contribution >= 4 is 17.5 Å². The fraction of sp³-hybridized carbons (Fsp3) is 0.680. The molecule has 7 heteroatoms. The van der Waals surface area contributed by atoms with E-state index >= 15 is 0 Å². The van der Waals surface area contributed by atoms with Gasteiger partial charge < -0.3 is 10.2 Å². The van der Waals surface area contributed by atoms with E-state index in [-0.39, 0.29) is 23.1 Å². The zero-order valence-electron chi connectivity index (χ0n) is 20.2. The lowest BCUT2D eigenvalue weighted by atomic mass is 9.95. The van der Waals surface area contributed by atoms with E-state index in [4.69, 9.17) is 10.1 Å². The Balaban J connectivity index is 1.47. The summed E-state index contributed by atoms with van der Waals surface area (Å²) in [6, 6.07) is 2.42. The average molecular weight is 440 g/mol. The van der Waals surface area contributed by atoms with E-state index in [0.29, 0.717) is 25.4 Å². The number of nitrogens with zero attached hydrogens (tertiary/aromatic N) is 4. The molecule has 0 aromatic carbocycles. The third-order valence-electron chi connectivity index (χ3n) is 7.04. The first kappa shape index (κ1) is 22.7. The van der Waals surface area contributed by atoms with Gasteiger partial charge in [0.05, 0.1) is 5.69 Å². The van der Waals surface area contributed by atoms with Gasteiger partial charge in [-0.05, 0) is 45.1 Å². The summed E-state index contributed by atoms with van der Waals surface area (Å²) in [6.45, 7) is 11.5. The van der Waals surface area contributed by atoms with Gasteiger partial charge >= 0.3 is 0 Å². The number of hydrogen-bond acceptors (Lipinski definition) is 4. The molecule has 2 aromatic rings. The number of amides is 2. The first-order chi connectivity index (χ1) is 15.1. The molecule has 3 heterocycles. The Morgan fingerprint density at radius 1 is 1.16 bits per heavy atom. The Morgan fingerprint density at radius 2 is 1.88 bits per heavy atom. The summed E-state index contributed by atoms with van der Waals surface area (Å²) < 4.78 is 1.92. The summed E-state index contributed by atoms with van der Waals surface area (Å²) in [7, 11) is 0. The van der Waals surface area contributed by atoms with Crippen molar-refractivity contribution in [1.29, 1.82) is 0 Å². The quantitative estimate of drug-likeness (QED) is 0.770. The maximum atomic E-state index is 12.7. The molecule has 7 nitrogen and oxygen atoms in total. The van der Waals surface area contributed by atoms with Gasteiger partial charge in [-0.15, -0.1) is 0 Å². The molecule has 2 amide bonds. The number of likely N-dealkylation sites (tertiary alicyclic amines) is 1. The van der Waals surface area contributed by atoms with Gasteiger partial charge in [0.1, 0.15) is 0 Å². The van der Waals surface area contributed by atoms with Crippen LogP contribution in [0.1, 0.15) is 87.9 Å². The molecule has 1 aliphatic carbocycles. The highest BCUT2D eigenvalue weighted by Crippen LogP contribution is 2.30. The second kappa shape index (κ2) is 8.83. The molecule has 1 aliphatic heterocycles. The van der Waals surface area contributed by atoms with E-state index in [9.17, 15) is 9.59 Å². The molecule has 2 aromatic heterocycles. The Kier molecular flexibility index (Phi) is 6.28. The lowest BCUT2D eigenvalue weighted by molar-refractivity contribution is -0.138. The molecule has 4 rings (SSSR count). The monoisotopic (exact) mass is 439 g/mol. The van der Waals surface area contributed by atoms with E-state index in [2.05, 4.69) is 18.3 Å². The molecule has 174 valence electrons. The third kappa shape index (κ3) is 4.66. The smallest absolute Gasteiger partial charge is 0.227 e. The van der Waals surface area contributed by atoms with Gasteiger partial charge in [-0.1, -0.05) is 33.6 Å². The highest BCUT2D eigenvalue weighted by Gasteiger charge is 2.34. The number of carbonyl (C=O) groups excluding carboxylic acids is 2. The van der Waals surface area contributed by atoms with Crippen LogP contribution in [-0.2, 0) is 16.0 Å². The van der Waals surface area contributed by atoms with Gasteiger partial charge in [-0.3, -0.25) is 9.59 Å². The summed E-state index contributed by atoms with van der Waals surface area (Å²) in [5.41, 5.74) is 4.60. The van der Waals surface area contributed by atoms with Crippen LogP contribution in [-0.4, -0.2) is 50.4 Å². The molecular formula is C25H37N5O2. The van der Waals surface area contributed by atoms with Gasteiger partial charge in [-0.2, -0.15) is 5.10 Å². The highest BCUT2D eigenvalue weighted by molar-refractivity contribution is 5.81. The van der Waals surface area contributed by atoms with E-state index < -0.39 is 0 Å². The molecule has 0 spiro atoms. The fourth-order valence-electron chi connectivity index (χ4n) is 5.17. The van der Waals surface area contributed by atoms with Crippen molar-refractivity contribution in [2.45, 2.75) is 91.5 Å². The number of nitrogens with one attached hydrogen (secondary N) is 1. The second-order valence-electron chi connectivity index (χ2n) is 10.6. The zero-order chi connectivity index (χ0) is 23.0. The summed E-state index contributed by atoms with van der Waals surface area (Å²) in [5.74, 6) is 0.571. The topological polar surface area (TPSA) is 79.6 Å². The van der Waals surface area contributed by atoms with Crippen molar-refractivity contribution < 1.29 is 9.59 Å². The minimum absolute atomic E-state index is 0.131. The lowest BCUT2D eigenvalue weighted by Gasteiger charge is -2.25. The van der Waals surface area contributed by atoms with Gasteiger partial charge in [0, 0.05) is 54.3 Å². The summed E-state index contributed by atoms with van der Waals surface area (Å²) in [4.78, 5) is 31.8. The van der Waals surface area contributed by atoms with Crippen LogP contribution >= 0.6 is 0 Å². The van der Waals surface area contributed by atoms with Gasteiger partial charge in [0.2, 0.25) is 11.8 Å². The van der Waals surface area contributed by atoms with Crippen molar-refractivity contribution in [3.8, 4) is 0 Å². The van der Waals surface area contributed by atoms with E-state index in [1.807, 2.05) is 37.1 Å². The van der Waals surface area contributed by atoms with Crippen molar-refractivity contribution in [3.05, 3.63) is 28.7 Å². The maximum Gasteiger partial charge on any atom is 0.227 e. The van der Waals surface area contributed by atoms with Crippen LogP contribution in [0.5, 0.6) is 0 Å². The van der Waals surface area contributed by atoms with Crippen LogP contribution in [0.4, 0.5) is 0 Å². The Morgan fingerprint density at radius 3 is 2.56 bits per heavy atom. The van der Waals surface area contributed by atoms with Gasteiger partial charge in [0.15, 0.2) is 5.65 Å². The SMILES string of the molecule is Cc1nc2cc(C3CCN(C(=O)C(C)(C)C)C3)nn2c(C)c1CCC(=O)NC1CCCC1. The molecule has 1 saturated heterocycles. The van der Waals surface area contributed by atoms with Crippen LogP contribution < -0.4 is 5.32 Å². The van der Waals surface area contributed by atoms with E-state index in [0.717, 1.165) is 54.1 Å². The van der Waals surface area contributed by atoms with Crippen LogP contribution in [0.2, 0.25) is 0 Å². The first-order valence-electron chi connectivity index (χ1n) is 12.1. The Hall–Kier alpha value is -2.44. The molecule has 32 heavy (non-hydrogen) atoms. The molecule has 0 radical (unpaired) electrons. The number of carbonyl (C=O) groups is 2. The van der Waals surface area contributed by atoms with Crippen molar-refractivity contribution in [2.75, 3.05) is 13.1 Å². The number of fused-ring (bicyclic) bond motifs is 1. The number of aromatic nitrogens is 3. The molecular weight excluding hydrogens is 402 g/mol. The van der Waals surface area contributed by atoms with E-state index in [1.54, 1.807) is 0 Å². The molecule has 1 N–H and O–H groups in total. The average Bonchev–Trinajstić information content (AvgIpc) is 3.46.